The predicted molar refractivity (Wildman–Crippen MR) is 43.7 cm³/mol. The minimum Gasteiger partial charge on any atom is -0.397 e. The Balaban J connectivity index is 2.69. The number of rotatable bonds is 3. The zero-order valence-electron chi connectivity index (χ0n) is 5.87. The van der Waals surface area contributed by atoms with Crippen LogP contribution in [0.25, 0.3) is 0 Å². The highest BCUT2D eigenvalue weighted by Crippen LogP contribution is 2.14. The topological polar surface area (TPSA) is 67.2 Å². The van der Waals surface area contributed by atoms with Gasteiger partial charge in [-0.25, -0.2) is 0 Å². The molecule has 4 heteroatoms. The number of benzene rings is 1. The lowest BCUT2D eigenvalue weighted by molar-refractivity contribution is -0.109. The number of nitrogens with two attached hydrogens (primary N) is 1. The monoisotopic (exact) mass is 151 g/mol. The first kappa shape index (κ1) is 7.40. The molecule has 11 heavy (non-hydrogen) atoms. The van der Waals surface area contributed by atoms with Gasteiger partial charge in [0, 0.05) is 0 Å². The molecule has 1 rings (SSSR count). The molecule has 1 aromatic carbocycles. The molecule has 0 saturated heterocycles. The Morgan fingerprint density at radius 1 is 1.36 bits per heavy atom. The van der Waals surface area contributed by atoms with Gasteiger partial charge in [0.05, 0.1) is 11.4 Å². The molecular formula is C7H9N3O. The second-order valence-corrected chi connectivity index (χ2v) is 1.97. The van der Waals surface area contributed by atoms with Crippen LogP contribution >= 0.6 is 0 Å². The largest absolute Gasteiger partial charge is 0.397 e. The average molecular weight is 151 g/mol. The minimum absolute atomic E-state index is 0.548. The van der Waals surface area contributed by atoms with Gasteiger partial charge in [-0.05, 0) is 12.1 Å². The molecular weight excluding hydrogens is 142 g/mol. The van der Waals surface area contributed by atoms with Crippen molar-refractivity contribution in [1.29, 1.82) is 0 Å². The maximum Gasteiger partial charge on any atom is 0.225 e. The molecule has 4 nitrogen and oxygen atoms in total. The van der Waals surface area contributed by atoms with Crippen molar-refractivity contribution < 1.29 is 4.79 Å². The summed E-state index contributed by atoms with van der Waals surface area (Å²) in [5.41, 5.74) is 11.8. The Labute approximate surface area is 64.4 Å². The third-order valence-corrected chi connectivity index (χ3v) is 1.23. The lowest BCUT2D eigenvalue weighted by Gasteiger charge is -2.05. The van der Waals surface area contributed by atoms with E-state index in [2.05, 4.69) is 10.9 Å². The SMILES string of the molecule is Nc1ccccc1NNC=O. The van der Waals surface area contributed by atoms with Crippen molar-refractivity contribution >= 4 is 17.8 Å². The number of nitrogens with one attached hydrogen (secondary N) is 2. The number of anilines is 2. The normalized spacial score (nSPS) is 8.73. The smallest absolute Gasteiger partial charge is 0.225 e. The Bertz CT molecular complexity index is 249. The van der Waals surface area contributed by atoms with Crippen LogP contribution < -0.4 is 16.6 Å². The van der Waals surface area contributed by atoms with Crippen molar-refractivity contribution in [2.45, 2.75) is 0 Å². The molecule has 4 N–H and O–H groups in total. The number of carbonyl (C=O) groups excluding carboxylic acids is 1. The van der Waals surface area contributed by atoms with Crippen molar-refractivity contribution in [1.82, 2.24) is 5.43 Å². The van der Waals surface area contributed by atoms with E-state index in [-0.39, 0.29) is 0 Å². The van der Waals surface area contributed by atoms with Crippen molar-refractivity contribution in [3.63, 3.8) is 0 Å². The molecule has 0 saturated carbocycles. The molecule has 0 aromatic heterocycles. The summed E-state index contributed by atoms with van der Waals surface area (Å²) in [6.45, 7) is 0. The first-order valence-corrected chi connectivity index (χ1v) is 3.14. The molecule has 0 atom stereocenters. The van der Waals surface area contributed by atoms with E-state index >= 15 is 0 Å². The molecule has 0 aliphatic carbocycles. The van der Waals surface area contributed by atoms with Crippen molar-refractivity contribution in [2.24, 2.45) is 0 Å². The summed E-state index contributed by atoms with van der Waals surface area (Å²) in [6.07, 6.45) is 0.548. The van der Waals surface area contributed by atoms with Gasteiger partial charge in [-0.2, -0.15) is 0 Å². The van der Waals surface area contributed by atoms with E-state index < -0.39 is 0 Å². The number of nitrogen functional groups attached to an aromatic ring is 1. The van der Waals surface area contributed by atoms with Crippen LogP contribution in [-0.2, 0) is 4.79 Å². The van der Waals surface area contributed by atoms with Crippen LogP contribution in [0.3, 0.4) is 0 Å². The highest BCUT2D eigenvalue weighted by Gasteiger charge is 1.92. The fourth-order valence-corrected chi connectivity index (χ4v) is 0.718. The van der Waals surface area contributed by atoms with Gasteiger partial charge >= 0.3 is 0 Å². The summed E-state index contributed by atoms with van der Waals surface area (Å²) >= 11 is 0. The molecule has 0 spiro atoms. The van der Waals surface area contributed by atoms with Crippen LogP contribution in [-0.4, -0.2) is 6.41 Å². The van der Waals surface area contributed by atoms with Gasteiger partial charge in [0.2, 0.25) is 6.41 Å². The second kappa shape index (κ2) is 3.46. The summed E-state index contributed by atoms with van der Waals surface area (Å²) in [7, 11) is 0. The van der Waals surface area contributed by atoms with Crippen LogP contribution in [0.15, 0.2) is 24.3 Å². The summed E-state index contributed by atoms with van der Waals surface area (Å²) in [5, 5.41) is 0. The molecule has 58 valence electrons. The van der Waals surface area contributed by atoms with Gasteiger partial charge in [-0.15, -0.1) is 0 Å². The van der Waals surface area contributed by atoms with Crippen LogP contribution in [0.1, 0.15) is 0 Å². The standard InChI is InChI=1S/C7H9N3O/c8-6-3-1-2-4-7(6)10-9-5-11/h1-5,10H,8H2,(H,9,11). The number of hydrogen-bond donors (Lipinski definition) is 3. The molecule has 0 aliphatic heterocycles. The lowest BCUT2D eigenvalue weighted by Crippen LogP contribution is -2.19. The molecule has 0 fully saturated rings. The maximum atomic E-state index is 9.88. The number of amides is 1. The van der Waals surface area contributed by atoms with E-state index in [9.17, 15) is 4.79 Å². The van der Waals surface area contributed by atoms with E-state index in [1.54, 1.807) is 12.1 Å². The third kappa shape index (κ3) is 1.86. The number of carbonyl (C=O) groups is 1. The summed E-state index contributed by atoms with van der Waals surface area (Å²) in [4.78, 5) is 9.88. The van der Waals surface area contributed by atoms with Gasteiger partial charge in [-0.1, -0.05) is 12.1 Å². The molecule has 0 heterocycles. The van der Waals surface area contributed by atoms with E-state index in [0.717, 1.165) is 0 Å². The summed E-state index contributed by atoms with van der Waals surface area (Å²) in [6, 6.07) is 7.16. The van der Waals surface area contributed by atoms with Gasteiger partial charge in [0.25, 0.3) is 0 Å². The van der Waals surface area contributed by atoms with Crippen molar-refractivity contribution in [2.75, 3.05) is 11.2 Å². The maximum absolute atomic E-state index is 9.88. The molecule has 1 aromatic rings. The molecule has 0 aliphatic rings. The van der Waals surface area contributed by atoms with E-state index in [4.69, 9.17) is 5.73 Å². The Kier molecular flexibility index (Phi) is 2.32. The number of hydrogen-bond acceptors (Lipinski definition) is 3. The van der Waals surface area contributed by atoms with Gasteiger partial charge in [0.15, 0.2) is 0 Å². The zero-order valence-corrected chi connectivity index (χ0v) is 5.87. The second-order valence-electron chi connectivity index (χ2n) is 1.97. The highest BCUT2D eigenvalue weighted by atomic mass is 16.1. The first-order valence-electron chi connectivity index (χ1n) is 3.14. The third-order valence-electron chi connectivity index (χ3n) is 1.23. The Hall–Kier alpha value is -1.71. The molecule has 0 bridgehead atoms. The summed E-state index contributed by atoms with van der Waals surface area (Å²) < 4.78 is 0. The van der Waals surface area contributed by atoms with Crippen LogP contribution in [0.5, 0.6) is 0 Å². The van der Waals surface area contributed by atoms with E-state index in [1.807, 2.05) is 12.1 Å². The van der Waals surface area contributed by atoms with Crippen molar-refractivity contribution in [3.05, 3.63) is 24.3 Å². The van der Waals surface area contributed by atoms with Gasteiger partial charge < -0.3 is 5.73 Å². The van der Waals surface area contributed by atoms with Crippen LogP contribution in [0, 0.1) is 0 Å². The first-order chi connectivity index (χ1) is 5.34. The zero-order chi connectivity index (χ0) is 8.10. The molecule has 1 amide bonds. The fraction of sp³-hybridized carbons (Fsp3) is 0. The number of para-hydroxylation sites is 2. The Morgan fingerprint density at radius 2 is 2.09 bits per heavy atom. The quantitative estimate of drug-likeness (QED) is 0.331. The van der Waals surface area contributed by atoms with E-state index in [0.29, 0.717) is 17.8 Å². The average Bonchev–Trinajstić information content (AvgIpc) is 2.03. The summed E-state index contributed by atoms with van der Waals surface area (Å²) in [5.74, 6) is 0. The number of hydrazine groups is 1. The Morgan fingerprint density at radius 3 is 2.73 bits per heavy atom. The van der Waals surface area contributed by atoms with Crippen LogP contribution in [0.4, 0.5) is 11.4 Å². The molecule has 0 radical (unpaired) electrons. The fourth-order valence-electron chi connectivity index (χ4n) is 0.718. The highest BCUT2D eigenvalue weighted by molar-refractivity contribution is 5.67. The van der Waals surface area contributed by atoms with Gasteiger partial charge in [-0.3, -0.25) is 15.6 Å². The van der Waals surface area contributed by atoms with E-state index in [1.165, 1.54) is 0 Å². The predicted octanol–water partition coefficient (Wildman–Crippen LogP) is 0.342. The lowest BCUT2D eigenvalue weighted by atomic mass is 10.3. The van der Waals surface area contributed by atoms with Crippen molar-refractivity contribution in [3.8, 4) is 0 Å². The van der Waals surface area contributed by atoms with Crippen LogP contribution in [0.2, 0.25) is 0 Å². The minimum atomic E-state index is 0.548. The molecule has 0 unspecified atom stereocenters. The van der Waals surface area contributed by atoms with Gasteiger partial charge in [0.1, 0.15) is 0 Å².